The Bertz CT molecular complexity index is 1110. The highest BCUT2D eigenvalue weighted by Crippen LogP contribution is 2.33. The maximum atomic E-state index is 11.0. The molecule has 0 radical (unpaired) electrons. The van der Waals surface area contributed by atoms with Crippen molar-refractivity contribution in [3.8, 4) is 17.1 Å². The highest BCUT2D eigenvalue weighted by molar-refractivity contribution is 6.31. The Hall–Kier alpha value is -3.26. The van der Waals surface area contributed by atoms with Gasteiger partial charge in [0.25, 0.3) is 0 Å². The summed E-state index contributed by atoms with van der Waals surface area (Å²) < 4.78 is 2.15. The molecule has 0 amide bonds. The quantitative estimate of drug-likeness (QED) is 0.380. The van der Waals surface area contributed by atoms with Gasteiger partial charge in [0.05, 0.1) is 10.6 Å². The summed E-state index contributed by atoms with van der Waals surface area (Å²) in [7, 11) is 0. The van der Waals surface area contributed by atoms with Crippen LogP contribution in [-0.2, 0) is 13.0 Å². The first-order valence-corrected chi connectivity index (χ1v) is 9.64. The molecule has 2 aromatic carbocycles. The molecule has 9 heteroatoms. The number of fused-ring (bicyclic) bond motifs is 1. The Morgan fingerprint density at radius 1 is 1.21 bits per heavy atom. The smallest absolute Gasteiger partial charge is 0.312 e. The number of aliphatic imine (C=N–C) groups is 1. The maximum absolute atomic E-state index is 11.0. The van der Waals surface area contributed by atoms with Crippen LogP contribution in [0.25, 0.3) is 11.4 Å². The number of nitro groups is 1. The van der Waals surface area contributed by atoms with Crippen molar-refractivity contribution in [1.29, 1.82) is 0 Å². The van der Waals surface area contributed by atoms with Gasteiger partial charge in [0, 0.05) is 41.4 Å². The summed E-state index contributed by atoms with van der Waals surface area (Å²) in [5, 5.41) is 30.0. The predicted octanol–water partition coefficient (Wildman–Crippen LogP) is 4.69. The van der Waals surface area contributed by atoms with E-state index in [1.54, 1.807) is 6.07 Å². The number of phenols is 1. The number of benzene rings is 2. The van der Waals surface area contributed by atoms with Crippen molar-refractivity contribution in [3.63, 3.8) is 0 Å². The number of halogens is 1. The number of aryl methyl sites for hydroxylation is 1. The molecule has 0 atom stereocenters. The van der Waals surface area contributed by atoms with Gasteiger partial charge in [0.2, 0.25) is 5.75 Å². The molecule has 1 aromatic heterocycles. The van der Waals surface area contributed by atoms with Gasteiger partial charge < -0.3 is 9.67 Å². The third kappa shape index (κ3) is 3.97. The molecular formula is C20H18ClN5O3. The standard InChI is InChI=1S/C20H18ClN5O3/c21-15-9-14(19(27)17(11-15)26(28)29)12-22-16-6-4-5-13(10-16)20-24-23-18-7-2-1-3-8-25(18)20/h4-6,9-12,27H,1-3,7-8H2. The molecule has 29 heavy (non-hydrogen) atoms. The highest BCUT2D eigenvalue weighted by Gasteiger charge is 2.18. The fourth-order valence-electron chi connectivity index (χ4n) is 3.41. The fourth-order valence-corrected chi connectivity index (χ4v) is 3.63. The van der Waals surface area contributed by atoms with Gasteiger partial charge in [-0.2, -0.15) is 0 Å². The average molecular weight is 412 g/mol. The van der Waals surface area contributed by atoms with Crippen molar-refractivity contribution in [2.24, 2.45) is 4.99 Å². The number of aromatic nitrogens is 3. The summed E-state index contributed by atoms with van der Waals surface area (Å²) >= 11 is 5.93. The maximum Gasteiger partial charge on any atom is 0.312 e. The lowest BCUT2D eigenvalue weighted by Crippen LogP contribution is -2.02. The zero-order valence-corrected chi connectivity index (χ0v) is 16.2. The number of hydrogen-bond acceptors (Lipinski definition) is 6. The van der Waals surface area contributed by atoms with Crippen molar-refractivity contribution in [3.05, 3.63) is 62.9 Å². The molecule has 1 N–H and O–H groups in total. The van der Waals surface area contributed by atoms with Crippen LogP contribution in [0.5, 0.6) is 5.75 Å². The van der Waals surface area contributed by atoms with Gasteiger partial charge in [-0.25, -0.2) is 0 Å². The predicted molar refractivity (Wildman–Crippen MR) is 110 cm³/mol. The number of hydrogen-bond donors (Lipinski definition) is 1. The first-order chi connectivity index (χ1) is 14.0. The summed E-state index contributed by atoms with van der Waals surface area (Å²) in [5.74, 6) is 1.34. The summed E-state index contributed by atoms with van der Waals surface area (Å²) in [5.41, 5.74) is 1.22. The third-order valence-electron chi connectivity index (χ3n) is 4.85. The minimum Gasteiger partial charge on any atom is -0.502 e. The normalized spacial score (nSPS) is 14.0. The summed E-state index contributed by atoms with van der Waals surface area (Å²) in [6.07, 6.45) is 5.69. The highest BCUT2D eigenvalue weighted by atomic mass is 35.5. The van der Waals surface area contributed by atoms with E-state index in [1.807, 2.05) is 18.2 Å². The van der Waals surface area contributed by atoms with Gasteiger partial charge in [-0.1, -0.05) is 30.2 Å². The molecule has 0 unspecified atom stereocenters. The molecule has 0 bridgehead atoms. The average Bonchev–Trinajstić information content (AvgIpc) is 2.96. The zero-order valence-electron chi connectivity index (χ0n) is 15.5. The van der Waals surface area contributed by atoms with Crippen LogP contribution in [0, 0.1) is 10.1 Å². The van der Waals surface area contributed by atoms with E-state index in [0.29, 0.717) is 5.69 Å². The number of rotatable bonds is 4. The lowest BCUT2D eigenvalue weighted by Gasteiger charge is -2.07. The molecule has 148 valence electrons. The molecule has 1 aliphatic heterocycles. The Kier molecular flexibility index (Phi) is 5.26. The Labute approximate surface area is 171 Å². The fraction of sp³-hybridized carbons (Fsp3) is 0.250. The summed E-state index contributed by atoms with van der Waals surface area (Å²) in [6, 6.07) is 10.0. The minimum absolute atomic E-state index is 0.149. The van der Waals surface area contributed by atoms with Crippen LogP contribution in [0.3, 0.4) is 0 Å². The van der Waals surface area contributed by atoms with Crippen molar-refractivity contribution in [2.45, 2.75) is 32.2 Å². The van der Waals surface area contributed by atoms with Crippen molar-refractivity contribution >= 4 is 29.2 Å². The van der Waals surface area contributed by atoms with Crippen LogP contribution >= 0.6 is 11.6 Å². The second kappa shape index (κ2) is 8.00. The lowest BCUT2D eigenvalue weighted by molar-refractivity contribution is -0.385. The SMILES string of the molecule is O=[N+]([O-])c1cc(Cl)cc(C=Nc2cccc(-c3nnc4n3CCCCC4)c2)c1O. The van der Waals surface area contributed by atoms with E-state index in [9.17, 15) is 15.2 Å². The van der Waals surface area contributed by atoms with E-state index in [4.69, 9.17) is 11.6 Å². The van der Waals surface area contributed by atoms with E-state index in [-0.39, 0.29) is 10.6 Å². The number of phenolic OH excluding ortho intramolecular Hbond substituents is 1. The monoisotopic (exact) mass is 411 g/mol. The molecule has 0 spiro atoms. The first kappa shape index (κ1) is 19.1. The Morgan fingerprint density at radius 2 is 2.07 bits per heavy atom. The van der Waals surface area contributed by atoms with Crippen LogP contribution in [0.15, 0.2) is 41.4 Å². The van der Waals surface area contributed by atoms with Gasteiger partial charge in [-0.05, 0) is 31.0 Å². The topological polar surface area (TPSA) is 106 Å². The molecule has 4 rings (SSSR count). The molecule has 3 aromatic rings. The summed E-state index contributed by atoms with van der Waals surface area (Å²) in [6.45, 7) is 0.894. The van der Waals surface area contributed by atoms with Crippen LogP contribution in [-0.4, -0.2) is 31.0 Å². The second-order valence-electron chi connectivity index (χ2n) is 6.83. The number of nitrogens with zero attached hydrogens (tertiary/aromatic N) is 5. The van der Waals surface area contributed by atoms with Gasteiger partial charge >= 0.3 is 5.69 Å². The van der Waals surface area contributed by atoms with Crippen molar-refractivity contribution in [2.75, 3.05) is 0 Å². The summed E-state index contributed by atoms with van der Waals surface area (Å²) in [4.78, 5) is 14.7. The first-order valence-electron chi connectivity index (χ1n) is 9.26. The van der Waals surface area contributed by atoms with Gasteiger partial charge in [0.15, 0.2) is 5.82 Å². The van der Waals surface area contributed by atoms with Crippen LogP contribution in [0.2, 0.25) is 5.02 Å². The van der Waals surface area contributed by atoms with Crippen LogP contribution in [0.4, 0.5) is 11.4 Å². The van der Waals surface area contributed by atoms with Crippen LogP contribution in [0.1, 0.15) is 30.7 Å². The minimum atomic E-state index is -0.684. The zero-order chi connectivity index (χ0) is 20.4. The number of nitro benzene ring substituents is 1. The molecule has 2 heterocycles. The van der Waals surface area contributed by atoms with E-state index in [2.05, 4.69) is 19.8 Å². The van der Waals surface area contributed by atoms with Crippen molar-refractivity contribution in [1.82, 2.24) is 14.8 Å². The molecule has 0 saturated carbocycles. The molecule has 0 saturated heterocycles. The van der Waals surface area contributed by atoms with Gasteiger partial charge in [0.1, 0.15) is 5.82 Å². The van der Waals surface area contributed by atoms with Gasteiger partial charge in [-0.3, -0.25) is 15.1 Å². The van der Waals surface area contributed by atoms with Crippen LogP contribution < -0.4 is 0 Å². The van der Waals surface area contributed by atoms with E-state index in [0.717, 1.165) is 49.1 Å². The van der Waals surface area contributed by atoms with E-state index >= 15 is 0 Å². The third-order valence-corrected chi connectivity index (χ3v) is 5.07. The molecule has 0 fully saturated rings. The Balaban J connectivity index is 1.66. The molecular weight excluding hydrogens is 394 g/mol. The molecule has 8 nitrogen and oxygen atoms in total. The van der Waals surface area contributed by atoms with E-state index in [1.165, 1.54) is 18.7 Å². The molecule has 1 aliphatic rings. The van der Waals surface area contributed by atoms with E-state index < -0.39 is 16.4 Å². The van der Waals surface area contributed by atoms with Crippen molar-refractivity contribution < 1.29 is 10.0 Å². The second-order valence-corrected chi connectivity index (χ2v) is 7.27. The Morgan fingerprint density at radius 3 is 2.90 bits per heavy atom. The number of aromatic hydroxyl groups is 1. The lowest BCUT2D eigenvalue weighted by atomic mass is 10.1. The molecule has 0 aliphatic carbocycles. The van der Waals surface area contributed by atoms with Gasteiger partial charge in [-0.15, -0.1) is 10.2 Å². The largest absolute Gasteiger partial charge is 0.502 e.